The predicted octanol–water partition coefficient (Wildman–Crippen LogP) is 4.90. The van der Waals surface area contributed by atoms with Gasteiger partial charge in [-0.1, -0.05) is 0 Å². The maximum Gasteiger partial charge on any atom is 0.409 e. The van der Waals surface area contributed by atoms with Crippen LogP contribution in [0.2, 0.25) is 0 Å². The number of nitrogens with two attached hydrogens (primary N) is 1. The fraction of sp³-hybridized carbons (Fsp3) is 0.435. The van der Waals surface area contributed by atoms with Crippen LogP contribution in [-0.2, 0) is 0 Å². The van der Waals surface area contributed by atoms with Crippen LogP contribution >= 0.6 is 0 Å². The summed E-state index contributed by atoms with van der Waals surface area (Å²) in [7, 11) is 1.68. The molecule has 0 bridgehead atoms. The van der Waals surface area contributed by atoms with Crippen molar-refractivity contribution in [3.8, 4) is 11.5 Å². The van der Waals surface area contributed by atoms with Gasteiger partial charge in [-0.05, 0) is 83.1 Å². The van der Waals surface area contributed by atoms with Crippen LogP contribution in [-0.4, -0.2) is 36.3 Å². The highest BCUT2D eigenvalue weighted by Crippen LogP contribution is 2.40. The molecular weight excluding hydrogens is 352 g/mol. The van der Waals surface area contributed by atoms with Crippen LogP contribution in [0.5, 0.6) is 11.5 Å². The first-order valence-electron chi connectivity index (χ1n) is 9.84. The Morgan fingerprint density at radius 2 is 1.32 bits per heavy atom. The van der Waals surface area contributed by atoms with Gasteiger partial charge in [0, 0.05) is 11.1 Å². The molecule has 2 aromatic carbocycles. The molecule has 0 aliphatic rings. The molecule has 0 fully saturated rings. The van der Waals surface area contributed by atoms with Crippen LogP contribution in [0.25, 0.3) is 0 Å². The van der Waals surface area contributed by atoms with Crippen LogP contribution in [0.3, 0.4) is 0 Å². The van der Waals surface area contributed by atoms with Gasteiger partial charge in [0.05, 0.1) is 25.7 Å². The summed E-state index contributed by atoms with van der Waals surface area (Å²) in [4.78, 5) is 11.0. The van der Waals surface area contributed by atoms with E-state index >= 15 is 0 Å². The van der Waals surface area contributed by atoms with Gasteiger partial charge in [0.2, 0.25) is 0 Å². The van der Waals surface area contributed by atoms with Gasteiger partial charge in [-0.25, -0.2) is 4.79 Å². The number of hydrogen-bond donors (Lipinski definition) is 1. The van der Waals surface area contributed by atoms with E-state index in [1.807, 2.05) is 36.4 Å². The van der Waals surface area contributed by atoms with Crippen molar-refractivity contribution >= 4 is 6.09 Å². The minimum absolute atomic E-state index is 0.138. The summed E-state index contributed by atoms with van der Waals surface area (Å²) in [5.74, 6) is 1.30. The molecule has 0 saturated carbocycles. The Morgan fingerprint density at radius 3 is 1.64 bits per heavy atom. The number of benzene rings is 2. The third-order valence-corrected chi connectivity index (χ3v) is 5.80. The van der Waals surface area contributed by atoms with Gasteiger partial charge in [-0.15, -0.1) is 0 Å². The number of carbonyl (C=O) groups is 1. The molecule has 2 rings (SSSR count). The highest BCUT2D eigenvalue weighted by atomic mass is 16.5. The summed E-state index contributed by atoms with van der Waals surface area (Å²) in [5.41, 5.74) is 7.54. The highest BCUT2D eigenvalue weighted by Gasteiger charge is 2.43. The summed E-state index contributed by atoms with van der Waals surface area (Å²) >= 11 is 0. The Labute approximate surface area is 168 Å². The number of primary amides is 1. The summed E-state index contributed by atoms with van der Waals surface area (Å²) in [6.45, 7) is 12.4. The lowest BCUT2D eigenvalue weighted by molar-refractivity contribution is -0.987. The number of carbonyl (C=O) groups excluding carboxylic acids is 1. The van der Waals surface area contributed by atoms with E-state index in [0.717, 1.165) is 16.8 Å². The number of methoxy groups -OCH3 is 1. The average molecular weight is 386 g/mol. The molecule has 152 valence electrons. The number of hydrogen-bond acceptors (Lipinski definition) is 3. The number of nitrogens with zero attached hydrogens (tertiary/aromatic N) is 1. The Bertz CT molecular complexity index is 759. The van der Waals surface area contributed by atoms with E-state index in [-0.39, 0.29) is 6.04 Å². The van der Waals surface area contributed by atoms with Gasteiger partial charge in [-0.2, -0.15) is 0 Å². The molecule has 0 saturated heterocycles. The summed E-state index contributed by atoms with van der Waals surface area (Å²) < 4.78 is 11.3. The zero-order valence-electron chi connectivity index (χ0n) is 17.8. The third-order valence-electron chi connectivity index (χ3n) is 5.80. The lowest BCUT2D eigenvalue weighted by Crippen LogP contribution is -2.59. The van der Waals surface area contributed by atoms with E-state index in [1.165, 1.54) is 11.1 Å². The van der Waals surface area contributed by atoms with E-state index < -0.39 is 6.09 Å². The van der Waals surface area contributed by atoms with E-state index in [2.05, 4.69) is 46.8 Å². The predicted molar refractivity (Wildman–Crippen MR) is 113 cm³/mol. The van der Waals surface area contributed by atoms with Crippen molar-refractivity contribution < 1.29 is 18.8 Å². The van der Waals surface area contributed by atoms with Gasteiger partial charge < -0.3 is 19.7 Å². The molecule has 0 radical (unpaired) electrons. The molecule has 1 unspecified atom stereocenters. The Kier molecular flexibility index (Phi) is 7.08. The van der Waals surface area contributed by atoms with Crippen LogP contribution < -0.4 is 15.2 Å². The fourth-order valence-corrected chi connectivity index (χ4v) is 4.47. The van der Waals surface area contributed by atoms with Gasteiger partial charge in [0.15, 0.2) is 0 Å². The number of quaternary nitrogens is 1. The minimum Gasteiger partial charge on any atom is -0.497 e. The first kappa shape index (κ1) is 21.8. The van der Waals surface area contributed by atoms with E-state index in [4.69, 9.17) is 15.2 Å². The van der Waals surface area contributed by atoms with Crippen molar-refractivity contribution in [3.05, 3.63) is 59.7 Å². The molecular formula is C23H33N2O3+. The number of rotatable bonds is 8. The van der Waals surface area contributed by atoms with Crippen molar-refractivity contribution in [2.75, 3.05) is 13.7 Å². The van der Waals surface area contributed by atoms with Crippen LogP contribution in [0.4, 0.5) is 4.79 Å². The normalized spacial score (nSPS) is 12.9. The largest absolute Gasteiger partial charge is 0.497 e. The second kappa shape index (κ2) is 9.11. The van der Waals surface area contributed by atoms with E-state index in [1.54, 1.807) is 7.11 Å². The van der Waals surface area contributed by atoms with Crippen molar-refractivity contribution in [1.29, 1.82) is 0 Å². The smallest absolute Gasteiger partial charge is 0.409 e. The maximum absolute atomic E-state index is 11.0. The molecule has 0 heterocycles. The summed E-state index contributed by atoms with van der Waals surface area (Å²) in [6.07, 6.45) is -0.803. The average Bonchev–Trinajstić information content (AvgIpc) is 2.66. The van der Waals surface area contributed by atoms with E-state index in [0.29, 0.717) is 17.8 Å². The van der Waals surface area contributed by atoms with Crippen LogP contribution in [0.1, 0.15) is 51.8 Å². The molecule has 0 aliphatic heterocycles. The Morgan fingerprint density at radius 1 is 0.893 bits per heavy atom. The molecule has 0 spiro atoms. The maximum atomic E-state index is 11.0. The van der Waals surface area contributed by atoms with E-state index in [9.17, 15) is 4.79 Å². The number of amides is 1. The van der Waals surface area contributed by atoms with Gasteiger partial charge >= 0.3 is 6.09 Å². The second-order valence-electron chi connectivity index (χ2n) is 7.66. The first-order valence-corrected chi connectivity index (χ1v) is 9.84. The number of ether oxygens (including phenoxy) is 2. The SMILES string of the molecule is CC[N+](C(C)C)(C(C)C)C(c1ccc(OC)cc1)c1ccc(OC(N)=O)cc1. The molecule has 0 aromatic heterocycles. The van der Waals surface area contributed by atoms with Gasteiger partial charge in [-0.3, -0.25) is 0 Å². The molecule has 1 amide bonds. The lowest BCUT2D eigenvalue weighted by atomic mass is 9.90. The Hall–Kier alpha value is -2.53. The van der Waals surface area contributed by atoms with Crippen molar-refractivity contribution in [2.24, 2.45) is 5.73 Å². The van der Waals surface area contributed by atoms with Crippen molar-refractivity contribution in [1.82, 2.24) is 0 Å². The monoisotopic (exact) mass is 385 g/mol. The third kappa shape index (κ3) is 4.30. The molecule has 28 heavy (non-hydrogen) atoms. The van der Waals surface area contributed by atoms with Crippen LogP contribution in [0.15, 0.2) is 48.5 Å². The summed E-state index contributed by atoms with van der Waals surface area (Å²) in [6, 6.07) is 17.0. The molecule has 2 aromatic rings. The first-order chi connectivity index (χ1) is 13.3. The van der Waals surface area contributed by atoms with Crippen molar-refractivity contribution in [2.45, 2.75) is 52.7 Å². The van der Waals surface area contributed by atoms with Gasteiger partial charge in [0.25, 0.3) is 0 Å². The standard InChI is InChI=1S/C23H32N2O3/c1-7-25(16(2)3,17(4)5)22(18-8-12-20(27-6)13-9-18)19-10-14-21(15-11-19)28-23(24)26/h8-17,22H,7H2,1-6H3,(H-,24,26)/p+1. The zero-order valence-corrected chi connectivity index (χ0v) is 17.8. The molecule has 0 aliphatic carbocycles. The topological polar surface area (TPSA) is 61.6 Å². The second-order valence-corrected chi connectivity index (χ2v) is 7.66. The molecule has 5 nitrogen and oxygen atoms in total. The molecule has 2 N–H and O–H groups in total. The molecule has 5 heteroatoms. The quantitative estimate of drug-likeness (QED) is 0.658. The highest BCUT2D eigenvalue weighted by molar-refractivity contribution is 5.68. The fourth-order valence-electron chi connectivity index (χ4n) is 4.47. The molecule has 1 atom stereocenters. The summed E-state index contributed by atoms with van der Waals surface area (Å²) in [5, 5.41) is 0. The zero-order chi connectivity index (χ0) is 20.9. The van der Waals surface area contributed by atoms with Gasteiger partial charge in [0.1, 0.15) is 17.5 Å². The lowest BCUT2D eigenvalue weighted by Gasteiger charge is -2.51. The van der Waals surface area contributed by atoms with Crippen LogP contribution in [0, 0.1) is 0 Å². The minimum atomic E-state index is -0.803. The Balaban J connectivity index is 2.62. The van der Waals surface area contributed by atoms with Crippen molar-refractivity contribution in [3.63, 3.8) is 0 Å².